The van der Waals surface area contributed by atoms with E-state index in [0.29, 0.717) is 6.26 Å². The number of aliphatic hydroxyl groups is 4. The van der Waals surface area contributed by atoms with Gasteiger partial charge in [-0.3, -0.25) is 0 Å². The van der Waals surface area contributed by atoms with E-state index in [1.165, 1.54) is 0 Å². The molecule has 0 bridgehead atoms. The molecular formula is C5H4FeKMnN5O5. The van der Waals surface area contributed by atoms with Gasteiger partial charge >= 0.3 is 51.4 Å². The van der Waals surface area contributed by atoms with Gasteiger partial charge in [0.05, 0.1) is 0 Å². The van der Waals surface area contributed by atoms with Gasteiger partial charge in [0, 0.05) is 40.4 Å². The molecule has 13 heteroatoms. The Bertz CT molecular complexity index is 217. The number of rotatable bonds is 0. The van der Waals surface area contributed by atoms with Gasteiger partial charge in [-0.15, -0.1) is 0 Å². The van der Waals surface area contributed by atoms with E-state index in [0.717, 1.165) is 25.0 Å². The van der Waals surface area contributed by atoms with E-state index in [4.69, 9.17) is 51.8 Å². The Labute approximate surface area is 166 Å². The van der Waals surface area contributed by atoms with Crippen molar-refractivity contribution in [2.75, 3.05) is 0 Å². The molecule has 0 aromatic carbocycles. The molecule has 0 aliphatic rings. The van der Waals surface area contributed by atoms with Crippen LogP contribution in [0.4, 0.5) is 0 Å². The maximum Gasteiger partial charge on any atom is 1.00 e. The Kier molecular flexibility index (Phi) is 644. The molecule has 0 aromatic rings. The monoisotopic (exact) mass is 364 g/mol. The van der Waals surface area contributed by atoms with Crippen LogP contribution in [0.2, 0.25) is 0 Å². The van der Waals surface area contributed by atoms with Crippen LogP contribution in [0, 0.1) is 57.6 Å². The van der Waals surface area contributed by atoms with E-state index in [2.05, 4.69) is 0 Å². The molecule has 0 saturated carbocycles. The molecule has 0 aliphatic carbocycles. The Morgan fingerprint density at radius 2 is 0.667 bits per heavy atom. The van der Waals surface area contributed by atoms with Crippen molar-refractivity contribution in [3.63, 3.8) is 0 Å². The summed E-state index contributed by atoms with van der Waals surface area (Å²) in [6, 6.07) is 0. The van der Waals surface area contributed by atoms with Crippen LogP contribution in [0.15, 0.2) is 0 Å². The first-order valence-corrected chi connectivity index (χ1v) is 2.22. The summed E-state index contributed by atoms with van der Waals surface area (Å²) in [7, 11) is 0. The van der Waals surface area contributed by atoms with Crippen LogP contribution >= 0.6 is 0 Å². The summed E-state index contributed by atoms with van der Waals surface area (Å²) in [4.78, 5) is 0. The quantitative estimate of drug-likeness (QED) is 0.237. The maximum atomic E-state index is 8.24. The Morgan fingerprint density at radius 3 is 0.667 bits per heavy atom. The van der Waals surface area contributed by atoms with Crippen molar-refractivity contribution in [1.29, 1.82) is 26.3 Å². The second-order valence-corrected chi connectivity index (χ2v) is 0.491. The molecule has 0 atom stereocenters. The van der Waals surface area contributed by atoms with Crippen molar-refractivity contribution in [1.82, 2.24) is 0 Å². The van der Waals surface area contributed by atoms with Crippen molar-refractivity contribution in [3.05, 3.63) is 0 Å². The molecule has 0 heterocycles. The molecule has 0 saturated heterocycles. The molecular weight excluding hydrogens is 360 g/mol. The van der Waals surface area contributed by atoms with Gasteiger partial charge in [0.2, 0.25) is 0 Å². The second-order valence-electron chi connectivity index (χ2n) is 0.491. The summed E-state index contributed by atoms with van der Waals surface area (Å²) in [6.45, 7) is 0. The molecule has 0 amide bonds. The molecule has 0 fully saturated rings. The fourth-order valence-corrected chi connectivity index (χ4v) is 0. The fraction of sp³-hybridized carbons (Fsp3) is 0. The molecule has 1 radical (unpaired) electrons. The Balaban J connectivity index is -0.0000000111. The smallest absolute Gasteiger partial charge is 0.812 e. The van der Waals surface area contributed by atoms with E-state index in [1.54, 1.807) is 0 Å². The molecule has 10 nitrogen and oxygen atoms in total. The van der Waals surface area contributed by atoms with Crippen LogP contribution in [0.1, 0.15) is 0 Å². The first kappa shape index (κ1) is 53.5. The van der Waals surface area contributed by atoms with Gasteiger partial charge in [0.15, 0.2) is 0 Å². The molecule has 95 valence electrons. The summed E-state index contributed by atoms with van der Waals surface area (Å²) >= 11 is 0. The van der Waals surface area contributed by atoms with Crippen LogP contribution in [-0.4, -0.2) is 20.4 Å². The zero-order chi connectivity index (χ0) is 13.5. The third kappa shape index (κ3) is 3940. The first-order chi connectivity index (χ1) is 7.07. The Hall–Kier alpha value is -0.875. The summed E-state index contributed by atoms with van der Waals surface area (Å²) in [5.41, 5.74) is 0. The third-order valence-electron chi connectivity index (χ3n) is 0. The molecule has 0 aliphatic heterocycles. The number of aliphatic hydroxyl groups excluding tert-OH is 4. The average Bonchev–Trinajstić information content (AvgIpc) is 2.09. The van der Waals surface area contributed by atoms with Crippen molar-refractivity contribution in [2.45, 2.75) is 0 Å². The van der Waals surface area contributed by atoms with Gasteiger partial charge in [0.1, 0.15) is 0 Å². The summed E-state index contributed by atoms with van der Waals surface area (Å²) in [5, 5.41) is 70.0. The standard InChI is InChI=1S/5CHNO.Fe.K.Mn/c5*2-1-3;;;/h5*3H;;;/q;;;;;;+1;/p-1. The Morgan fingerprint density at radius 1 is 0.667 bits per heavy atom. The number of nitrogens with zero attached hydrogens (tertiary/aromatic N) is 5. The van der Waals surface area contributed by atoms with Gasteiger partial charge in [-0.1, -0.05) is 0 Å². The zero-order valence-electron chi connectivity index (χ0n) is 8.66. The minimum absolute atomic E-state index is 0. The largest absolute Gasteiger partial charge is 1.00 e. The van der Waals surface area contributed by atoms with Gasteiger partial charge < -0.3 is 25.5 Å². The van der Waals surface area contributed by atoms with Gasteiger partial charge in [-0.25, -0.2) is 5.26 Å². The normalized spacial score (nSPS) is 1.94. The summed E-state index contributed by atoms with van der Waals surface area (Å²) in [6.07, 6.45) is 3.50. The van der Waals surface area contributed by atoms with Crippen LogP contribution in [0.25, 0.3) is 0 Å². The van der Waals surface area contributed by atoms with E-state index >= 15 is 0 Å². The van der Waals surface area contributed by atoms with Gasteiger partial charge in [-0.05, 0) is 0 Å². The minimum atomic E-state index is 0. The molecule has 4 N–H and O–H groups in total. The SMILES string of the molecule is N#CO.N#CO.N#CO.N#CO.N#C[O-].[Fe].[K+].[Mn]. The third-order valence-corrected chi connectivity index (χ3v) is 0. The average molecular weight is 364 g/mol. The maximum absolute atomic E-state index is 8.24. The van der Waals surface area contributed by atoms with Crippen molar-refractivity contribution in [2.24, 2.45) is 0 Å². The summed E-state index contributed by atoms with van der Waals surface area (Å²) < 4.78 is 0. The van der Waals surface area contributed by atoms with E-state index in [1.807, 2.05) is 0 Å². The van der Waals surface area contributed by atoms with Gasteiger partial charge in [0.25, 0.3) is 25.0 Å². The van der Waals surface area contributed by atoms with Crippen LogP contribution in [0.3, 0.4) is 0 Å². The second kappa shape index (κ2) is 217. The molecule has 0 unspecified atom stereocenters. The summed E-state index contributed by atoms with van der Waals surface area (Å²) in [5.74, 6) is 0. The van der Waals surface area contributed by atoms with Crippen molar-refractivity contribution < 1.29 is 111 Å². The minimum Gasteiger partial charge on any atom is -0.812 e. The predicted molar refractivity (Wildman–Crippen MR) is 35.8 cm³/mol. The van der Waals surface area contributed by atoms with E-state index < -0.39 is 0 Å². The van der Waals surface area contributed by atoms with Crippen LogP contribution in [0.5, 0.6) is 0 Å². The van der Waals surface area contributed by atoms with Gasteiger partial charge in [-0.2, -0.15) is 21.0 Å². The first-order valence-electron chi connectivity index (χ1n) is 2.22. The number of hydrogen-bond acceptors (Lipinski definition) is 10. The molecule has 0 spiro atoms. The number of hydrogen-bond donors (Lipinski definition) is 4. The van der Waals surface area contributed by atoms with Crippen molar-refractivity contribution in [3.8, 4) is 31.3 Å². The van der Waals surface area contributed by atoms with E-state index in [-0.39, 0.29) is 85.5 Å². The molecule has 0 rings (SSSR count). The fourth-order valence-electron chi connectivity index (χ4n) is 0. The topological polar surface area (TPSA) is 223 Å². The van der Waals surface area contributed by atoms with Crippen LogP contribution in [-0.2, 0) is 34.1 Å². The zero-order valence-corrected chi connectivity index (χ0v) is 14.1. The number of nitriles is 5. The van der Waals surface area contributed by atoms with E-state index in [9.17, 15) is 0 Å². The van der Waals surface area contributed by atoms with Crippen LogP contribution < -0.4 is 56.5 Å². The molecule has 0 aromatic heterocycles. The predicted octanol–water partition coefficient (Wildman–Crippen LogP) is -4.81. The molecule has 18 heavy (non-hydrogen) atoms. The van der Waals surface area contributed by atoms with Crippen molar-refractivity contribution >= 4 is 0 Å².